The van der Waals surface area contributed by atoms with Gasteiger partial charge in [0, 0.05) is 18.1 Å². The Morgan fingerprint density at radius 2 is 1.59 bits per heavy atom. The van der Waals surface area contributed by atoms with E-state index in [4.69, 9.17) is 0 Å². The Balaban J connectivity index is 1.47. The zero-order valence-corrected chi connectivity index (χ0v) is 11.1. The summed E-state index contributed by atoms with van der Waals surface area (Å²) in [5, 5.41) is 3.68. The standard InChI is InChI=1S/C12H22N2O2S/c15-17(16)8-5-12(9-17)14-6-3-11(4-7-14)13-10-1-2-10/h10-13H,1-9H2. The Morgan fingerprint density at radius 1 is 0.941 bits per heavy atom. The van der Waals surface area contributed by atoms with Gasteiger partial charge in [0.05, 0.1) is 11.5 Å². The third-order valence-electron chi connectivity index (χ3n) is 4.30. The SMILES string of the molecule is O=S1(=O)CCC(N2CCC(NC3CC3)CC2)C1. The number of sulfone groups is 1. The monoisotopic (exact) mass is 258 g/mol. The molecule has 0 radical (unpaired) electrons. The predicted octanol–water partition coefficient (Wildman–Crippen LogP) is 0.390. The van der Waals surface area contributed by atoms with Gasteiger partial charge in [-0.25, -0.2) is 8.42 Å². The molecule has 1 saturated carbocycles. The van der Waals surface area contributed by atoms with Gasteiger partial charge < -0.3 is 5.32 Å². The van der Waals surface area contributed by atoms with Crippen molar-refractivity contribution in [3.05, 3.63) is 0 Å². The molecule has 3 rings (SSSR count). The summed E-state index contributed by atoms with van der Waals surface area (Å²) in [6.45, 7) is 2.15. The molecule has 5 heteroatoms. The average molecular weight is 258 g/mol. The van der Waals surface area contributed by atoms with Gasteiger partial charge in [-0.1, -0.05) is 0 Å². The summed E-state index contributed by atoms with van der Waals surface area (Å²) in [6.07, 6.45) is 5.92. The Kier molecular flexibility index (Phi) is 3.17. The lowest BCUT2D eigenvalue weighted by Crippen LogP contribution is -2.47. The van der Waals surface area contributed by atoms with Crippen molar-refractivity contribution in [2.75, 3.05) is 24.6 Å². The number of hydrogen-bond acceptors (Lipinski definition) is 4. The summed E-state index contributed by atoms with van der Waals surface area (Å²) in [7, 11) is -2.72. The van der Waals surface area contributed by atoms with Crippen molar-refractivity contribution in [1.82, 2.24) is 10.2 Å². The number of rotatable bonds is 3. The van der Waals surface area contributed by atoms with Crippen LogP contribution in [0.2, 0.25) is 0 Å². The Bertz CT molecular complexity index is 370. The fourth-order valence-corrected chi connectivity index (χ4v) is 4.84. The van der Waals surface area contributed by atoms with Crippen LogP contribution >= 0.6 is 0 Å². The zero-order valence-electron chi connectivity index (χ0n) is 10.3. The van der Waals surface area contributed by atoms with E-state index in [0.29, 0.717) is 23.6 Å². The first kappa shape index (κ1) is 11.9. The van der Waals surface area contributed by atoms with Crippen molar-refractivity contribution in [2.45, 2.75) is 50.2 Å². The van der Waals surface area contributed by atoms with E-state index < -0.39 is 9.84 Å². The molecule has 2 heterocycles. The first-order chi connectivity index (χ1) is 8.12. The first-order valence-electron chi connectivity index (χ1n) is 6.83. The van der Waals surface area contributed by atoms with E-state index in [1.807, 2.05) is 0 Å². The van der Waals surface area contributed by atoms with E-state index in [0.717, 1.165) is 25.6 Å². The molecule has 3 fully saturated rings. The Morgan fingerprint density at radius 3 is 2.12 bits per heavy atom. The first-order valence-corrected chi connectivity index (χ1v) is 8.65. The van der Waals surface area contributed by atoms with Crippen LogP contribution < -0.4 is 5.32 Å². The van der Waals surface area contributed by atoms with Crippen molar-refractivity contribution in [1.29, 1.82) is 0 Å². The number of piperidine rings is 1. The van der Waals surface area contributed by atoms with Crippen LogP contribution in [0.1, 0.15) is 32.1 Å². The molecule has 3 aliphatic rings. The minimum Gasteiger partial charge on any atom is -0.311 e. The number of nitrogens with one attached hydrogen (secondary N) is 1. The molecule has 0 bridgehead atoms. The molecule has 1 aliphatic carbocycles. The van der Waals surface area contributed by atoms with E-state index in [-0.39, 0.29) is 0 Å². The van der Waals surface area contributed by atoms with Crippen LogP contribution in [-0.2, 0) is 9.84 Å². The summed E-state index contributed by atoms with van der Waals surface area (Å²) in [5.41, 5.74) is 0. The summed E-state index contributed by atoms with van der Waals surface area (Å²) in [5.74, 6) is 0.797. The lowest BCUT2D eigenvalue weighted by molar-refractivity contribution is 0.154. The van der Waals surface area contributed by atoms with Gasteiger partial charge >= 0.3 is 0 Å². The van der Waals surface area contributed by atoms with Crippen molar-refractivity contribution in [3.8, 4) is 0 Å². The van der Waals surface area contributed by atoms with Crippen LogP contribution in [0.25, 0.3) is 0 Å². The minimum absolute atomic E-state index is 0.307. The smallest absolute Gasteiger partial charge is 0.151 e. The predicted molar refractivity (Wildman–Crippen MR) is 67.8 cm³/mol. The van der Waals surface area contributed by atoms with Gasteiger partial charge in [0.15, 0.2) is 9.84 Å². The summed E-state index contributed by atoms with van der Waals surface area (Å²) in [6, 6.07) is 1.78. The van der Waals surface area contributed by atoms with Crippen molar-refractivity contribution in [3.63, 3.8) is 0 Å². The molecule has 98 valence electrons. The number of nitrogens with zero attached hydrogens (tertiary/aromatic N) is 1. The molecule has 0 aromatic heterocycles. The fourth-order valence-electron chi connectivity index (χ4n) is 3.08. The second-order valence-electron chi connectivity index (χ2n) is 5.81. The quantitative estimate of drug-likeness (QED) is 0.795. The van der Waals surface area contributed by atoms with Crippen molar-refractivity contribution >= 4 is 9.84 Å². The van der Waals surface area contributed by atoms with Gasteiger partial charge in [-0.05, 0) is 45.2 Å². The highest BCUT2D eigenvalue weighted by atomic mass is 32.2. The van der Waals surface area contributed by atoms with E-state index in [1.165, 1.54) is 25.7 Å². The third kappa shape index (κ3) is 3.01. The van der Waals surface area contributed by atoms with Crippen LogP contribution in [0, 0.1) is 0 Å². The molecule has 4 nitrogen and oxygen atoms in total. The maximum Gasteiger partial charge on any atom is 0.151 e. The van der Waals surface area contributed by atoms with Gasteiger partial charge in [0.1, 0.15) is 0 Å². The second kappa shape index (κ2) is 4.52. The van der Waals surface area contributed by atoms with Gasteiger partial charge in [0.2, 0.25) is 0 Å². The van der Waals surface area contributed by atoms with Crippen molar-refractivity contribution in [2.24, 2.45) is 0 Å². The van der Waals surface area contributed by atoms with Crippen molar-refractivity contribution < 1.29 is 8.42 Å². The normalized spacial score (nSPS) is 35.2. The molecule has 1 N–H and O–H groups in total. The maximum atomic E-state index is 11.5. The highest BCUT2D eigenvalue weighted by molar-refractivity contribution is 7.91. The van der Waals surface area contributed by atoms with Gasteiger partial charge in [-0.15, -0.1) is 0 Å². The van der Waals surface area contributed by atoms with Crippen LogP contribution in [0.3, 0.4) is 0 Å². The second-order valence-corrected chi connectivity index (χ2v) is 8.04. The Hall–Kier alpha value is -0.130. The topological polar surface area (TPSA) is 49.4 Å². The highest BCUT2D eigenvalue weighted by Crippen LogP contribution is 2.25. The summed E-state index contributed by atoms with van der Waals surface area (Å²) >= 11 is 0. The van der Waals surface area contributed by atoms with Gasteiger partial charge in [-0.3, -0.25) is 4.90 Å². The van der Waals surface area contributed by atoms with Crippen LogP contribution in [0.4, 0.5) is 0 Å². The lowest BCUT2D eigenvalue weighted by atomic mass is 10.0. The highest BCUT2D eigenvalue weighted by Gasteiger charge is 2.34. The largest absolute Gasteiger partial charge is 0.311 e. The molecule has 1 atom stereocenters. The Labute approximate surface area is 104 Å². The van der Waals surface area contributed by atoms with Crippen LogP contribution in [-0.4, -0.2) is 56.0 Å². The van der Waals surface area contributed by atoms with E-state index in [2.05, 4.69) is 10.2 Å². The molecule has 2 saturated heterocycles. The number of likely N-dealkylation sites (tertiary alicyclic amines) is 1. The molecule has 2 aliphatic heterocycles. The summed E-state index contributed by atoms with van der Waals surface area (Å²) < 4.78 is 22.9. The molecule has 0 spiro atoms. The van der Waals surface area contributed by atoms with Crippen LogP contribution in [0.5, 0.6) is 0 Å². The van der Waals surface area contributed by atoms with E-state index in [9.17, 15) is 8.42 Å². The average Bonchev–Trinajstić information content (AvgIpc) is 3.03. The molecule has 17 heavy (non-hydrogen) atoms. The van der Waals surface area contributed by atoms with E-state index >= 15 is 0 Å². The molecule has 1 unspecified atom stereocenters. The van der Waals surface area contributed by atoms with E-state index in [1.54, 1.807) is 0 Å². The zero-order chi connectivity index (χ0) is 11.9. The van der Waals surface area contributed by atoms with Crippen LogP contribution in [0.15, 0.2) is 0 Å². The number of hydrogen-bond donors (Lipinski definition) is 1. The molecule has 0 aromatic carbocycles. The van der Waals surface area contributed by atoms with Gasteiger partial charge in [-0.2, -0.15) is 0 Å². The third-order valence-corrected chi connectivity index (χ3v) is 6.05. The maximum absolute atomic E-state index is 11.5. The molecular formula is C12H22N2O2S. The lowest BCUT2D eigenvalue weighted by Gasteiger charge is -2.35. The van der Waals surface area contributed by atoms with Gasteiger partial charge in [0.25, 0.3) is 0 Å². The minimum atomic E-state index is -2.72. The summed E-state index contributed by atoms with van der Waals surface area (Å²) in [4.78, 5) is 2.40. The molecular weight excluding hydrogens is 236 g/mol. The molecule has 0 aromatic rings. The molecule has 0 amide bonds. The fraction of sp³-hybridized carbons (Fsp3) is 1.00.